The van der Waals surface area contributed by atoms with Gasteiger partial charge in [-0.25, -0.2) is 0 Å². The van der Waals surface area contributed by atoms with Crippen LogP contribution in [0.15, 0.2) is 0 Å². The molecule has 0 saturated carbocycles. The molecule has 31 heavy (non-hydrogen) atoms. The van der Waals surface area contributed by atoms with E-state index in [2.05, 4.69) is 4.90 Å². The first-order valence-electron chi connectivity index (χ1n) is 11.6. The fourth-order valence-corrected chi connectivity index (χ4v) is 2.44. The van der Waals surface area contributed by atoms with Crippen molar-refractivity contribution in [3.05, 3.63) is 0 Å². The Balaban J connectivity index is 3.82. The molecule has 0 rings (SSSR count). The van der Waals surface area contributed by atoms with E-state index in [-0.39, 0.29) is 0 Å². The SMILES string of the molecule is NCCCOCCOCCN(CCOCCOCCCN)CCOCCOCCCN. The lowest BCUT2D eigenvalue weighted by molar-refractivity contribution is 0.0104. The number of ether oxygens (including phenoxy) is 6. The summed E-state index contributed by atoms with van der Waals surface area (Å²) in [6.45, 7) is 12.0. The summed E-state index contributed by atoms with van der Waals surface area (Å²) in [5.74, 6) is 0. The second-order valence-electron chi connectivity index (χ2n) is 6.94. The summed E-state index contributed by atoms with van der Waals surface area (Å²) in [6, 6.07) is 0. The highest BCUT2D eigenvalue weighted by atomic mass is 16.5. The predicted octanol–water partition coefficient (Wildman–Crippen LogP) is -0.566. The summed E-state index contributed by atoms with van der Waals surface area (Å²) < 4.78 is 33.3. The molecular formula is C21H48N4O6. The van der Waals surface area contributed by atoms with E-state index in [4.69, 9.17) is 45.6 Å². The van der Waals surface area contributed by atoms with Gasteiger partial charge >= 0.3 is 0 Å². The van der Waals surface area contributed by atoms with Crippen LogP contribution in [0.2, 0.25) is 0 Å². The van der Waals surface area contributed by atoms with Crippen LogP contribution in [0.5, 0.6) is 0 Å². The van der Waals surface area contributed by atoms with Gasteiger partial charge < -0.3 is 45.6 Å². The Kier molecular flexibility index (Phi) is 27.3. The highest BCUT2D eigenvalue weighted by Gasteiger charge is 2.05. The molecule has 0 aliphatic heterocycles. The van der Waals surface area contributed by atoms with Crippen LogP contribution in [0.25, 0.3) is 0 Å². The van der Waals surface area contributed by atoms with Gasteiger partial charge in [0.2, 0.25) is 0 Å². The van der Waals surface area contributed by atoms with Gasteiger partial charge in [0.1, 0.15) is 0 Å². The molecule has 0 unspecified atom stereocenters. The van der Waals surface area contributed by atoms with Crippen LogP contribution in [-0.2, 0) is 28.4 Å². The molecule has 0 aliphatic rings. The molecule has 6 N–H and O–H groups in total. The normalized spacial score (nSPS) is 11.6. The summed E-state index contributed by atoms with van der Waals surface area (Å²) in [7, 11) is 0. The lowest BCUT2D eigenvalue weighted by Gasteiger charge is -2.22. The average molecular weight is 453 g/mol. The Labute approximate surface area is 188 Å². The van der Waals surface area contributed by atoms with Gasteiger partial charge in [0.15, 0.2) is 0 Å². The zero-order valence-electron chi connectivity index (χ0n) is 19.5. The highest BCUT2D eigenvalue weighted by Crippen LogP contribution is 1.93. The molecule has 10 heteroatoms. The standard InChI is InChI=1S/C21H48N4O6/c22-4-1-10-26-16-19-29-13-7-25(8-14-30-20-17-27-11-2-5-23)9-15-31-21-18-28-12-3-6-24/h1-24H2. The van der Waals surface area contributed by atoms with E-state index in [0.717, 1.165) is 38.9 Å². The van der Waals surface area contributed by atoms with Crippen LogP contribution < -0.4 is 17.2 Å². The maximum Gasteiger partial charge on any atom is 0.0701 e. The van der Waals surface area contributed by atoms with E-state index < -0.39 is 0 Å². The molecular weight excluding hydrogens is 404 g/mol. The fraction of sp³-hybridized carbons (Fsp3) is 1.00. The minimum Gasteiger partial charge on any atom is -0.379 e. The van der Waals surface area contributed by atoms with Crippen LogP contribution in [0.1, 0.15) is 19.3 Å². The minimum absolute atomic E-state index is 0.589. The van der Waals surface area contributed by atoms with Crippen LogP contribution in [-0.4, -0.2) is 123 Å². The first-order chi connectivity index (χ1) is 15.3. The molecule has 0 aliphatic carbocycles. The molecule has 0 radical (unpaired) electrons. The quantitative estimate of drug-likeness (QED) is 0.139. The molecule has 0 spiro atoms. The molecule has 188 valence electrons. The second kappa shape index (κ2) is 27.6. The molecule has 0 aromatic heterocycles. The van der Waals surface area contributed by atoms with E-state index in [0.29, 0.717) is 98.9 Å². The Hall–Kier alpha value is -0.400. The predicted molar refractivity (Wildman–Crippen MR) is 122 cm³/mol. The molecule has 0 aromatic rings. The molecule has 0 aromatic carbocycles. The van der Waals surface area contributed by atoms with Crippen molar-refractivity contribution in [3.8, 4) is 0 Å². The average Bonchev–Trinajstić information content (AvgIpc) is 2.78. The Morgan fingerprint density at radius 2 is 0.613 bits per heavy atom. The molecule has 0 bridgehead atoms. The molecule has 10 nitrogen and oxygen atoms in total. The van der Waals surface area contributed by atoms with Crippen molar-refractivity contribution >= 4 is 0 Å². The van der Waals surface area contributed by atoms with E-state index >= 15 is 0 Å². The summed E-state index contributed by atoms with van der Waals surface area (Å²) in [6.07, 6.45) is 2.64. The van der Waals surface area contributed by atoms with Crippen LogP contribution >= 0.6 is 0 Å². The van der Waals surface area contributed by atoms with E-state index in [9.17, 15) is 0 Å². The van der Waals surface area contributed by atoms with Crippen LogP contribution in [0.4, 0.5) is 0 Å². The summed E-state index contributed by atoms with van der Waals surface area (Å²) >= 11 is 0. The third-order valence-electron chi connectivity index (χ3n) is 4.25. The summed E-state index contributed by atoms with van der Waals surface area (Å²) in [4.78, 5) is 2.28. The number of nitrogens with zero attached hydrogens (tertiary/aromatic N) is 1. The van der Waals surface area contributed by atoms with Gasteiger partial charge in [0, 0.05) is 39.5 Å². The van der Waals surface area contributed by atoms with Gasteiger partial charge in [-0.05, 0) is 38.9 Å². The molecule has 0 amide bonds. The van der Waals surface area contributed by atoms with Gasteiger partial charge in [-0.1, -0.05) is 0 Å². The van der Waals surface area contributed by atoms with E-state index in [1.165, 1.54) is 0 Å². The van der Waals surface area contributed by atoms with Gasteiger partial charge in [0.25, 0.3) is 0 Å². The lowest BCUT2D eigenvalue weighted by atomic mass is 10.4. The Bertz CT molecular complexity index is 285. The molecule has 0 heterocycles. The third-order valence-corrected chi connectivity index (χ3v) is 4.25. The third kappa shape index (κ3) is 25.7. The zero-order chi connectivity index (χ0) is 22.7. The number of hydrogen-bond donors (Lipinski definition) is 3. The van der Waals surface area contributed by atoms with Crippen LogP contribution in [0, 0.1) is 0 Å². The molecule has 0 fully saturated rings. The maximum absolute atomic E-state index is 5.67. The van der Waals surface area contributed by atoms with Crippen molar-refractivity contribution in [3.63, 3.8) is 0 Å². The second-order valence-corrected chi connectivity index (χ2v) is 6.94. The maximum atomic E-state index is 5.67. The van der Waals surface area contributed by atoms with Gasteiger partial charge in [-0.2, -0.15) is 0 Å². The number of hydrogen-bond acceptors (Lipinski definition) is 10. The summed E-state index contributed by atoms with van der Waals surface area (Å²) in [5.41, 5.74) is 16.3. The molecule has 0 saturated heterocycles. The fourth-order valence-electron chi connectivity index (χ4n) is 2.44. The number of nitrogens with two attached hydrogens (primary N) is 3. The van der Waals surface area contributed by atoms with Gasteiger partial charge in [0.05, 0.1) is 59.5 Å². The minimum atomic E-state index is 0.589. The smallest absolute Gasteiger partial charge is 0.0701 e. The highest BCUT2D eigenvalue weighted by molar-refractivity contribution is 4.57. The first kappa shape index (κ1) is 30.6. The largest absolute Gasteiger partial charge is 0.379 e. The van der Waals surface area contributed by atoms with E-state index in [1.54, 1.807) is 0 Å². The van der Waals surface area contributed by atoms with E-state index in [1.807, 2.05) is 0 Å². The first-order valence-corrected chi connectivity index (χ1v) is 11.6. The van der Waals surface area contributed by atoms with Gasteiger partial charge in [-0.3, -0.25) is 4.90 Å². The van der Waals surface area contributed by atoms with Gasteiger partial charge in [-0.15, -0.1) is 0 Å². The van der Waals surface area contributed by atoms with Crippen LogP contribution in [0.3, 0.4) is 0 Å². The molecule has 0 atom stereocenters. The summed E-state index contributed by atoms with van der Waals surface area (Å²) in [5, 5.41) is 0. The van der Waals surface area contributed by atoms with Crippen molar-refractivity contribution in [2.45, 2.75) is 19.3 Å². The lowest BCUT2D eigenvalue weighted by Crippen LogP contribution is -2.34. The monoisotopic (exact) mass is 452 g/mol. The van der Waals surface area contributed by atoms with Crippen molar-refractivity contribution < 1.29 is 28.4 Å². The Morgan fingerprint density at radius 3 is 0.871 bits per heavy atom. The Morgan fingerprint density at radius 1 is 0.355 bits per heavy atom. The zero-order valence-corrected chi connectivity index (χ0v) is 19.5. The van der Waals surface area contributed by atoms with Crippen molar-refractivity contribution in [1.29, 1.82) is 0 Å². The topological polar surface area (TPSA) is 137 Å². The van der Waals surface area contributed by atoms with Crippen molar-refractivity contribution in [2.24, 2.45) is 17.2 Å². The van der Waals surface area contributed by atoms with Crippen molar-refractivity contribution in [1.82, 2.24) is 4.90 Å². The van der Waals surface area contributed by atoms with Crippen molar-refractivity contribution in [2.75, 3.05) is 119 Å². The number of rotatable bonds is 27.